The lowest BCUT2D eigenvalue weighted by atomic mass is 9.95. The van der Waals surface area contributed by atoms with Crippen molar-refractivity contribution in [3.63, 3.8) is 0 Å². The first-order chi connectivity index (χ1) is 21.4. The maximum Gasteiger partial charge on any atom is 0.224 e. The maximum atomic E-state index is 13.7. The molecule has 2 aliphatic rings. The fourth-order valence-electron chi connectivity index (χ4n) is 6.22. The highest BCUT2D eigenvalue weighted by Crippen LogP contribution is 2.34. The number of likely N-dealkylation sites (tertiary alicyclic amines) is 1. The molecule has 6 heterocycles. The van der Waals surface area contributed by atoms with Crippen LogP contribution >= 0.6 is 22.9 Å². The molecule has 0 saturated carbocycles. The van der Waals surface area contributed by atoms with Gasteiger partial charge in [0.2, 0.25) is 5.91 Å². The number of halogens is 1. The molecule has 2 aliphatic heterocycles. The monoisotopic (exact) mass is 631 g/mol. The van der Waals surface area contributed by atoms with Crippen LogP contribution in [0.15, 0.2) is 53.7 Å². The number of benzene rings is 1. The van der Waals surface area contributed by atoms with E-state index in [1.54, 1.807) is 12.4 Å². The molecule has 1 aromatic carbocycles. The van der Waals surface area contributed by atoms with Crippen molar-refractivity contribution in [2.75, 3.05) is 44.7 Å². The summed E-state index contributed by atoms with van der Waals surface area (Å²) in [6.07, 6.45) is 11.6. The number of fused-ring (bicyclic) bond motifs is 5. The van der Waals surface area contributed by atoms with Crippen molar-refractivity contribution < 1.29 is 4.79 Å². The van der Waals surface area contributed by atoms with Gasteiger partial charge in [-0.2, -0.15) is 0 Å². The van der Waals surface area contributed by atoms with Gasteiger partial charge in [-0.05, 0) is 83.1 Å². The molecular formula is C33H38ClN7O2S. The summed E-state index contributed by atoms with van der Waals surface area (Å²) in [7, 11) is 2.19. The van der Waals surface area contributed by atoms with Gasteiger partial charge in [0.1, 0.15) is 10.6 Å². The molecule has 7 rings (SSSR count). The third-order valence-electron chi connectivity index (χ3n) is 8.46. The molecule has 1 unspecified atom stereocenters. The Bertz CT molecular complexity index is 1840. The van der Waals surface area contributed by atoms with E-state index in [1.165, 1.54) is 43.7 Å². The Morgan fingerprint density at radius 3 is 2.66 bits per heavy atom. The molecule has 1 amide bonds. The molecule has 230 valence electrons. The number of piperidine rings is 2. The number of nitrogens with zero attached hydrogens (tertiary/aromatic N) is 6. The molecule has 1 N–H and O–H groups in total. The molecule has 11 heteroatoms. The maximum absolute atomic E-state index is 13.7. The zero-order chi connectivity index (χ0) is 30.6. The van der Waals surface area contributed by atoms with Crippen molar-refractivity contribution in [3.05, 3.63) is 75.4 Å². The van der Waals surface area contributed by atoms with Gasteiger partial charge in [-0.15, -0.1) is 11.3 Å². The molecule has 0 bridgehead atoms. The van der Waals surface area contributed by atoms with E-state index in [9.17, 15) is 9.59 Å². The van der Waals surface area contributed by atoms with Crippen molar-refractivity contribution in [1.29, 1.82) is 0 Å². The normalized spacial score (nSPS) is 17.5. The number of hydrogen-bond acceptors (Lipinski definition) is 8. The fraction of sp³-hybridized carbons (Fsp3) is 0.424. The zero-order valence-corrected chi connectivity index (χ0v) is 26.8. The Morgan fingerprint density at radius 2 is 1.93 bits per heavy atom. The fourth-order valence-corrected chi connectivity index (χ4v) is 7.68. The summed E-state index contributed by atoms with van der Waals surface area (Å²) in [6, 6.07) is 9.43. The predicted molar refractivity (Wildman–Crippen MR) is 179 cm³/mol. The predicted octanol–water partition coefficient (Wildman–Crippen LogP) is 5.67. The van der Waals surface area contributed by atoms with E-state index in [4.69, 9.17) is 16.6 Å². The smallest absolute Gasteiger partial charge is 0.224 e. The number of carbonyl (C=O) groups excluding carboxylic acids is 1. The summed E-state index contributed by atoms with van der Waals surface area (Å²) in [4.78, 5) is 45.4. The number of amides is 1. The molecule has 2 saturated heterocycles. The molecule has 1 atom stereocenters. The number of thiazole rings is 1. The average Bonchev–Trinajstić information content (AvgIpc) is 3.43. The Morgan fingerprint density at radius 1 is 1.09 bits per heavy atom. The highest BCUT2D eigenvalue weighted by atomic mass is 35.5. The average molecular weight is 632 g/mol. The van der Waals surface area contributed by atoms with Crippen molar-refractivity contribution >= 4 is 60.7 Å². The highest BCUT2D eigenvalue weighted by molar-refractivity contribution is 7.24. The third-order valence-corrected chi connectivity index (χ3v) is 9.86. The first kappa shape index (κ1) is 30.4. The quantitative estimate of drug-likeness (QED) is 0.267. The largest absolute Gasteiger partial charge is 0.356 e. The SMILES string of the molecule is CCNC(=O)Cc1c(=O)c2ccc(N3CCCC(c4cnccn4)C3)nc2n2c1sc1cc(Cl)ccc12.CN1CCCCC1. The summed E-state index contributed by atoms with van der Waals surface area (Å²) in [5, 5.41) is 3.93. The molecule has 0 spiro atoms. The number of nitrogens with one attached hydrogen (secondary N) is 1. The minimum Gasteiger partial charge on any atom is -0.356 e. The lowest BCUT2D eigenvalue weighted by Gasteiger charge is -2.33. The van der Waals surface area contributed by atoms with E-state index >= 15 is 0 Å². The number of aromatic nitrogens is 4. The van der Waals surface area contributed by atoms with Crippen LogP contribution in [-0.4, -0.2) is 69.9 Å². The van der Waals surface area contributed by atoms with Gasteiger partial charge in [-0.1, -0.05) is 18.0 Å². The lowest BCUT2D eigenvalue weighted by Crippen LogP contribution is -2.35. The van der Waals surface area contributed by atoms with Crippen LogP contribution in [-0.2, 0) is 11.2 Å². The number of hydrogen-bond donors (Lipinski definition) is 1. The minimum atomic E-state index is -0.177. The van der Waals surface area contributed by atoms with Gasteiger partial charge in [0.15, 0.2) is 11.1 Å². The van der Waals surface area contributed by atoms with Gasteiger partial charge in [0, 0.05) is 54.7 Å². The molecule has 4 aromatic heterocycles. The van der Waals surface area contributed by atoms with E-state index in [1.807, 2.05) is 47.9 Å². The third kappa shape index (κ3) is 6.43. The van der Waals surface area contributed by atoms with E-state index in [-0.39, 0.29) is 23.7 Å². The van der Waals surface area contributed by atoms with Crippen LogP contribution in [0.4, 0.5) is 5.82 Å². The second-order valence-corrected chi connectivity index (χ2v) is 13.1. The second kappa shape index (κ2) is 13.6. The van der Waals surface area contributed by atoms with Gasteiger partial charge in [0.05, 0.1) is 27.7 Å². The van der Waals surface area contributed by atoms with E-state index in [0.29, 0.717) is 28.2 Å². The van der Waals surface area contributed by atoms with Crippen molar-refractivity contribution in [2.24, 2.45) is 0 Å². The van der Waals surface area contributed by atoms with Crippen molar-refractivity contribution in [3.8, 4) is 0 Å². The summed E-state index contributed by atoms with van der Waals surface area (Å²) < 4.78 is 2.94. The van der Waals surface area contributed by atoms with Crippen LogP contribution in [0, 0.1) is 0 Å². The highest BCUT2D eigenvalue weighted by Gasteiger charge is 2.25. The Balaban J connectivity index is 0.000000433. The number of anilines is 1. The molecule has 2 fully saturated rings. The van der Waals surface area contributed by atoms with E-state index in [2.05, 4.69) is 32.1 Å². The first-order valence-electron chi connectivity index (χ1n) is 15.5. The van der Waals surface area contributed by atoms with Crippen LogP contribution in [0.25, 0.3) is 26.1 Å². The first-order valence-corrected chi connectivity index (χ1v) is 16.6. The lowest BCUT2D eigenvalue weighted by molar-refractivity contribution is -0.120. The summed E-state index contributed by atoms with van der Waals surface area (Å²) in [5.74, 6) is 0.912. The van der Waals surface area contributed by atoms with Gasteiger partial charge < -0.3 is 15.1 Å². The van der Waals surface area contributed by atoms with Crippen LogP contribution in [0.2, 0.25) is 5.02 Å². The molecular weight excluding hydrogens is 594 g/mol. The van der Waals surface area contributed by atoms with Gasteiger partial charge in [0.25, 0.3) is 0 Å². The number of rotatable bonds is 5. The topological polar surface area (TPSA) is 95.7 Å². The van der Waals surface area contributed by atoms with E-state index < -0.39 is 0 Å². The van der Waals surface area contributed by atoms with Gasteiger partial charge >= 0.3 is 0 Å². The van der Waals surface area contributed by atoms with E-state index in [0.717, 1.165) is 52.5 Å². The number of likely N-dealkylation sites (N-methyl/N-ethyl adjacent to an activating group) is 1. The number of carbonyl (C=O) groups is 1. The van der Waals surface area contributed by atoms with Crippen LogP contribution in [0.3, 0.4) is 0 Å². The summed E-state index contributed by atoms with van der Waals surface area (Å²) in [5.41, 5.74) is 2.81. The van der Waals surface area contributed by atoms with Crippen molar-refractivity contribution in [2.45, 2.75) is 51.4 Å². The Labute approximate surface area is 265 Å². The molecule has 44 heavy (non-hydrogen) atoms. The van der Waals surface area contributed by atoms with Gasteiger partial charge in [-0.3, -0.25) is 24.0 Å². The van der Waals surface area contributed by atoms with Crippen LogP contribution in [0.1, 0.15) is 56.2 Å². The van der Waals surface area contributed by atoms with Crippen LogP contribution in [0.5, 0.6) is 0 Å². The number of pyridine rings is 2. The summed E-state index contributed by atoms with van der Waals surface area (Å²) >= 11 is 7.75. The standard InChI is InChI=1S/C27H25ClN6O2S.C6H13N/c1-2-30-24(35)13-19-25(36)18-6-8-23(33-11-3-4-16(15-33)20-14-29-9-10-31-20)32-26(18)34-21-7-5-17(28)12-22(21)37-27(19)34;1-7-5-3-2-4-6-7/h5-10,12,14,16H,2-4,11,13,15H2,1H3,(H,30,35);2-6H2,1H3. The van der Waals surface area contributed by atoms with Crippen molar-refractivity contribution in [1.82, 2.24) is 29.6 Å². The molecule has 9 nitrogen and oxygen atoms in total. The van der Waals surface area contributed by atoms with Crippen LogP contribution < -0.4 is 15.6 Å². The molecule has 0 aliphatic carbocycles. The summed E-state index contributed by atoms with van der Waals surface area (Å²) in [6.45, 7) is 6.67. The van der Waals surface area contributed by atoms with Gasteiger partial charge in [-0.25, -0.2) is 4.98 Å². The minimum absolute atomic E-state index is 0.0142. The Kier molecular flexibility index (Phi) is 9.39. The zero-order valence-electron chi connectivity index (χ0n) is 25.3. The molecule has 5 aromatic rings. The second-order valence-electron chi connectivity index (χ2n) is 11.6. The molecule has 0 radical (unpaired) electrons. The Hall–Kier alpha value is -3.60.